The quantitative estimate of drug-likeness (QED) is 0.121. The standard InChI is InChI=1S/C32H48O10/c1-6-7-8-9-10-11-15-18-27(19-20-28(36)37-21-26-16-13-12-14-17-26)42-32-31(41-25(5)35)30(40-24(4)34)29(22(2)38-32)39-23(3)33/h12-14,16-17,22,27,29-32H,6-11,15,18-21H2,1-5H3/t22-,27?,29-,30+,31+,32?/m0/s1. The van der Waals surface area contributed by atoms with Gasteiger partial charge in [0.1, 0.15) is 6.61 Å². The summed E-state index contributed by atoms with van der Waals surface area (Å²) < 4.78 is 34.3. The average molecular weight is 593 g/mol. The third-order valence-corrected chi connectivity index (χ3v) is 7.00. The first kappa shape index (κ1) is 35.2. The molecule has 0 N–H and O–H groups in total. The van der Waals surface area contributed by atoms with Crippen molar-refractivity contribution in [2.75, 3.05) is 0 Å². The lowest BCUT2D eigenvalue weighted by atomic mass is 9.98. The lowest BCUT2D eigenvalue weighted by Gasteiger charge is -2.44. The molecule has 2 rings (SSSR count). The number of carbonyl (C=O) groups excluding carboxylic acids is 4. The average Bonchev–Trinajstić information content (AvgIpc) is 2.93. The summed E-state index contributed by atoms with van der Waals surface area (Å²) in [6.45, 7) is 7.70. The number of hydrogen-bond acceptors (Lipinski definition) is 10. The first-order valence-corrected chi connectivity index (χ1v) is 15.1. The predicted molar refractivity (Wildman–Crippen MR) is 154 cm³/mol. The van der Waals surface area contributed by atoms with Crippen molar-refractivity contribution in [1.82, 2.24) is 0 Å². The van der Waals surface area contributed by atoms with Crippen LogP contribution in [0.25, 0.3) is 0 Å². The lowest BCUT2D eigenvalue weighted by Crippen LogP contribution is -2.61. The highest BCUT2D eigenvalue weighted by Gasteiger charge is 2.51. The zero-order chi connectivity index (χ0) is 30.9. The van der Waals surface area contributed by atoms with Crippen molar-refractivity contribution in [3.05, 3.63) is 35.9 Å². The van der Waals surface area contributed by atoms with Crippen molar-refractivity contribution in [3.63, 3.8) is 0 Å². The first-order chi connectivity index (χ1) is 20.1. The molecule has 1 heterocycles. The van der Waals surface area contributed by atoms with Crippen LogP contribution in [-0.2, 0) is 54.2 Å². The fourth-order valence-corrected chi connectivity index (χ4v) is 4.97. The minimum atomic E-state index is -1.19. The Morgan fingerprint density at radius 2 is 1.33 bits per heavy atom. The second-order valence-electron chi connectivity index (χ2n) is 10.8. The van der Waals surface area contributed by atoms with Crippen LogP contribution < -0.4 is 0 Å². The lowest BCUT2D eigenvalue weighted by molar-refractivity contribution is -0.311. The summed E-state index contributed by atoms with van der Waals surface area (Å²) in [5.74, 6) is -2.23. The van der Waals surface area contributed by atoms with E-state index in [1.54, 1.807) is 6.92 Å². The van der Waals surface area contributed by atoms with Crippen molar-refractivity contribution >= 4 is 23.9 Å². The molecule has 0 radical (unpaired) electrons. The number of hydrogen-bond donors (Lipinski definition) is 0. The second-order valence-corrected chi connectivity index (χ2v) is 10.8. The Morgan fingerprint density at radius 1 is 0.762 bits per heavy atom. The van der Waals surface area contributed by atoms with E-state index in [0.717, 1.165) is 24.8 Å². The van der Waals surface area contributed by atoms with Crippen LogP contribution in [0.15, 0.2) is 30.3 Å². The molecule has 1 aliphatic heterocycles. The molecule has 0 aromatic heterocycles. The molecule has 1 aliphatic rings. The zero-order valence-corrected chi connectivity index (χ0v) is 25.7. The molecule has 2 unspecified atom stereocenters. The van der Waals surface area contributed by atoms with Gasteiger partial charge in [-0.15, -0.1) is 0 Å². The van der Waals surface area contributed by atoms with E-state index >= 15 is 0 Å². The Kier molecular flexibility index (Phi) is 16.1. The Balaban J connectivity index is 2.13. The Labute approximate surface area is 249 Å². The summed E-state index contributed by atoms with van der Waals surface area (Å²) >= 11 is 0. The molecule has 1 aromatic rings. The Bertz CT molecular complexity index is 965. The Morgan fingerprint density at radius 3 is 1.95 bits per heavy atom. The summed E-state index contributed by atoms with van der Waals surface area (Å²) in [6.07, 6.45) is 3.31. The van der Waals surface area contributed by atoms with Crippen LogP contribution in [0.1, 0.15) is 104 Å². The highest BCUT2D eigenvalue weighted by Crippen LogP contribution is 2.31. The number of unbranched alkanes of at least 4 members (excludes halogenated alkanes) is 6. The molecule has 6 atom stereocenters. The van der Waals surface area contributed by atoms with Crippen LogP contribution >= 0.6 is 0 Å². The van der Waals surface area contributed by atoms with E-state index in [9.17, 15) is 19.2 Å². The third kappa shape index (κ3) is 13.3. The molecule has 0 aliphatic carbocycles. The van der Waals surface area contributed by atoms with E-state index in [1.165, 1.54) is 46.5 Å². The van der Waals surface area contributed by atoms with Crippen LogP contribution in [0.3, 0.4) is 0 Å². The van der Waals surface area contributed by atoms with Crippen LogP contribution in [-0.4, -0.2) is 60.7 Å². The van der Waals surface area contributed by atoms with E-state index in [2.05, 4.69) is 6.92 Å². The van der Waals surface area contributed by atoms with Crippen LogP contribution in [0, 0.1) is 0 Å². The van der Waals surface area contributed by atoms with E-state index in [1.807, 2.05) is 30.3 Å². The van der Waals surface area contributed by atoms with Gasteiger partial charge in [0.2, 0.25) is 0 Å². The molecular weight excluding hydrogens is 544 g/mol. The van der Waals surface area contributed by atoms with Gasteiger partial charge < -0.3 is 28.4 Å². The van der Waals surface area contributed by atoms with Gasteiger partial charge in [0.05, 0.1) is 12.2 Å². The van der Waals surface area contributed by atoms with Gasteiger partial charge in [-0.05, 0) is 25.3 Å². The number of benzene rings is 1. The van der Waals surface area contributed by atoms with E-state index in [-0.39, 0.29) is 19.0 Å². The molecule has 42 heavy (non-hydrogen) atoms. The summed E-state index contributed by atoms with van der Waals surface area (Å²) in [5.41, 5.74) is 0.898. The molecule has 10 nitrogen and oxygen atoms in total. The number of carbonyl (C=O) groups is 4. The smallest absolute Gasteiger partial charge is 0.306 e. The SMILES string of the molecule is CCCCCCCCCC(CCC(=O)OCc1ccccc1)OC1O[C@@H](C)[C@H](OC(C)=O)[C@@H](OC(C)=O)[C@H]1OC(C)=O. The molecule has 0 bridgehead atoms. The highest BCUT2D eigenvalue weighted by molar-refractivity contribution is 5.69. The Hall–Kier alpha value is -2.98. The largest absolute Gasteiger partial charge is 0.461 e. The summed E-state index contributed by atoms with van der Waals surface area (Å²) in [6, 6.07) is 9.44. The molecule has 1 fully saturated rings. The number of rotatable bonds is 18. The second kappa shape index (κ2) is 19.3. The zero-order valence-electron chi connectivity index (χ0n) is 25.7. The minimum Gasteiger partial charge on any atom is -0.461 e. The molecule has 1 saturated heterocycles. The monoisotopic (exact) mass is 592 g/mol. The van der Waals surface area contributed by atoms with Gasteiger partial charge in [-0.2, -0.15) is 0 Å². The summed E-state index contributed by atoms with van der Waals surface area (Å²) in [5, 5.41) is 0. The fraction of sp³-hybridized carbons (Fsp3) is 0.688. The maximum atomic E-state index is 12.6. The maximum absolute atomic E-state index is 12.6. The molecule has 0 saturated carbocycles. The summed E-state index contributed by atoms with van der Waals surface area (Å²) in [7, 11) is 0. The summed E-state index contributed by atoms with van der Waals surface area (Å²) in [4.78, 5) is 48.4. The fourth-order valence-electron chi connectivity index (χ4n) is 4.97. The molecule has 1 aromatic carbocycles. The van der Waals surface area contributed by atoms with Gasteiger partial charge in [0.25, 0.3) is 0 Å². The highest BCUT2D eigenvalue weighted by atomic mass is 16.7. The normalized spacial score (nSPS) is 22.5. The molecule has 0 amide bonds. The molecule has 0 spiro atoms. The topological polar surface area (TPSA) is 124 Å². The predicted octanol–water partition coefficient (Wildman–Crippen LogP) is 5.58. The van der Waals surface area contributed by atoms with E-state index in [0.29, 0.717) is 12.8 Å². The number of ether oxygens (including phenoxy) is 6. The van der Waals surface area contributed by atoms with Gasteiger partial charge in [-0.3, -0.25) is 19.2 Å². The first-order valence-electron chi connectivity index (χ1n) is 15.1. The van der Waals surface area contributed by atoms with Crippen LogP contribution in [0.2, 0.25) is 0 Å². The van der Waals surface area contributed by atoms with Gasteiger partial charge in [0.15, 0.2) is 24.6 Å². The van der Waals surface area contributed by atoms with Crippen LogP contribution in [0.5, 0.6) is 0 Å². The molecule has 236 valence electrons. The van der Waals surface area contributed by atoms with Crippen molar-refractivity contribution in [2.45, 2.75) is 142 Å². The van der Waals surface area contributed by atoms with Gasteiger partial charge in [0, 0.05) is 27.2 Å². The van der Waals surface area contributed by atoms with Crippen molar-refractivity contribution in [3.8, 4) is 0 Å². The third-order valence-electron chi connectivity index (χ3n) is 7.00. The van der Waals surface area contributed by atoms with Crippen molar-refractivity contribution < 1.29 is 47.6 Å². The van der Waals surface area contributed by atoms with Crippen molar-refractivity contribution in [1.29, 1.82) is 0 Å². The maximum Gasteiger partial charge on any atom is 0.306 e. The molecular formula is C32H48O10. The van der Waals surface area contributed by atoms with Crippen molar-refractivity contribution in [2.24, 2.45) is 0 Å². The molecule has 10 heteroatoms. The van der Waals surface area contributed by atoms with Gasteiger partial charge >= 0.3 is 23.9 Å². The van der Waals surface area contributed by atoms with Gasteiger partial charge in [-0.1, -0.05) is 82.2 Å². The minimum absolute atomic E-state index is 0.123. The van der Waals surface area contributed by atoms with E-state index < -0.39 is 54.7 Å². The van der Waals surface area contributed by atoms with Gasteiger partial charge in [-0.25, -0.2) is 0 Å². The van der Waals surface area contributed by atoms with E-state index in [4.69, 9.17) is 28.4 Å². The number of esters is 4. The van der Waals surface area contributed by atoms with Crippen LogP contribution in [0.4, 0.5) is 0 Å².